The maximum atomic E-state index is 11.0. The smallest absolute Gasteiger partial charge is 0.270 e. The van der Waals surface area contributed by atoms with Crippen molar-refractivity contribution in [1.29, 1.82) is 0 Å². The van der Waals surface area contributed by atoms with E-state index in [0.717, 1.165) is 10.0 Å². The molecule has 1 aromatic heterocycles. The Labute approximate surface area is 213 Å². The van der Waals surface area contributed by atoms with Crippen molar-refractivity contribution in [3.8, 4) is 5.75 Å². The molecule has 0 amide bonds. The Morgan fingerprint density at radius 3 is 2.71 bits per heavy atom. The Morgan fingerprint density at radius 2 is 1.97 bits per heavy atom. The van der Waals surface area contributed by atoms with Gasteiger partial charge in [0.1, 0.15) is 5.75 Å². The lowest BCUT2D eigenvalue weighted by molar-refractivity contribution is -0.384. The molecule has 2 aromatic carbocycles. The van der Waals surface area contributed by atoms with E-state index in [9.17, 15) is 15.2 Å². The van der Waals surface area contributed by atoms with Gasteiger partial charge in [0.2, 0.25) is 17.8 Å². The van der Waals surface area contributed by atoms with Crippen LogP contribution in [0.5, 0.6) is 5.75 Å². The van der Waals surface area contributed by atoms with Crippen LogP contribution < -0.4 is 15.6 Å². The number of non-ortho nitro benzene ring substituents is 1. The van der Waals surface area contributed by atoms with Gasteiger partial charge in [0.05, 0.1) is 30.0 Å². The number of hydrogen-bond donors (Lipinski definition) is 3. The highest BCUT2D eigenvalue weighted by molar-refractivity contribution is 9.10. The fourth-order valence-corrected chi connectivity index (χ4v) is 3.88. The first-order valence-corrected chi connectivity index (χ1v) is 11.5. The lowest BCUT2D eigenvalue weighted by atomic mass is 10.2. The second kappa shape index (κ2) is 10.8. The van der Waals surface area contributed by atoms with Crippen molar-refractivity contribution in [3.63, 3.8) is 0 Å². The Hall–Kier alpha value is -3.55. The van der Waals surface area contributed by atoms with Crippen molar-refractivity contribution >= 4 is 63.0 Å². The number of nitro groups is 1. The molecule has 0 atom stereocenters. The number of phenols is 1. The van der Waals surface area contributed by atoms with Crippen molar-refractivity contribution in [1.82, 2.24) is 15.0 Å². The van der Waals surface area contributed by atoms with Crippen LogP contribution in [0.15, 0.2) is 39.9 Å². The van der Waals surface area contributed by atoms with Gasteiger partial charge in [0.25, 0.3) is 5.69 Å². The number of halogens is 2. The molecule has 0 unspecified atom stereocenters. The molecule has 1 fully saturated rings. The molecule has 182 valence electrons. The zero-order valence-corrected chi connectivity index (χ0v) is 20.7. The van der Waals surface area contributed by atoms with Gasteiger partial charge < -0.3 is 20.1 Å². The number of nitrogens with zero attached hydrogens (tertiary/aromatic N) is 6. The van der Waals surface area contributed by atoms with E-state index in [-0.39, 0.29) is 28.9 Å². The van der Waals surface area contributed by atoms with Crippen LogP contribution in [0.3, 0.4) is 0 Å². The van der Waals surface area contributed by atoms with Gasteiger partial charge in [-0.25, -0.2) is 5.43 Å². The SMILES string of the molecule is Cc1cc(Br)c(Nc2nc(NN=Cc3cc([N+](=O)[O-])ccc3O)nc(N3CCOCC3)n2)cc1Cl. The number of benzene rings is 2. The van der Waals surface area contributed by atoms with E-state index in [2.05, 4.69) is 46.7 Å². The highest BCUT2D eigenvalue weighted by Crippen LogP contribution is 2.31. The number of rotatable bonds is 7. The Balaban J connectivity index is 1.62. The van der Waals surface area contributed by atoms with Crippen LogP contribution in [0.1, 0.15) is 11.1 Å². The molecule has 1 aliphatic heterocycles. The predicted octanol–water partition coefficient (Wildman–Crippen LogP) is 4.24. The normalized spacial score (nSPS) is 13.7. The topological polar surface area (TPSA) is 151 Å². The molecule has 3 N–H and O–H groups in total. The van der Waals surface area contributed by atoms with Crippen LogP contribution in [0.25, 0.3) is 0 Å². The highest BCUT2D eigenvalue weighted by atomic mass is 79.9. The molecular weight excluding hydrogens is 544 g/mol. The number of aryl methyl sites for hydroxylation is 1. The maximum Gasteiger partial charge on any atom is 0.270 e. The highest BCUT2D eigenvalue weighted by Gasteiger charge is 2.17. The number of hydrazone groups is 1. The van der Waals surface area contributed by atoms with Gasteiger partial charge in [-0.3, -0.25) is 10.1 Å². The number of phenolic OH excluding ortho intramolecular Hbond substituents is 1. The van der Waals surface area contributed by atoms with Crippen molar-refractivity contribution in [2.24, 2.45) is 5.10 Å². The Bertz CT molecular complexity index is 1290. The number of anilines is 4. The molecule has 0 aliphatic carbocycles. The number of aromatic nitrogens is 3. The number of ether oxygens (including phenoxy) is 1. The summed E-state index contributed by atoms with van der Waals surface area (Å²) in [5, 5.41) is 28.7. The van der Waals surface area contributed by atoms with E-state index in [0.29, 0.717) is 43.0 Å². The van der Waals surface area contributed by atoms with E-state index >= 15 is 0 Å². The molecule has 0 bridgehead atoms. The van der Waals surface area contributed by atoms with Crippen LogP contribution in [0.2, 0.25) is 5.02 Å². The molecule has 14 heteroatoms. The third-order valence-corrected chi connectivity index (χ3v) is 6.07. The Morgan fingerprint density at radius 1 is 1.23 bits per heavy atom. The summed E-state index contributed by atoms with van der Waals surface area (Å²) in [5.41, 5.74) is 4.26. The van der Waals surface area contributed by atoms with E-state index in [4.69, 9.17) is 16.3 Å². The predicted molar refractivity (Wildman–Crippen MR) is 136 cm³/mol. The zero-order valence-electron chi connectivity index (χ0n) is 18.4. The summed E-state index contributed by atoms with van der Waals surface area (Å²) in [7, 11) is 0. The van der Waals surface area contributed by atoms with E-state index < -0.39 is 4.92 Å². The minimum Gasteiger partial charge on any atom is -0.507 e. The molecule has 1 aliphatic rings. The third-order valence-electron chi connectivity index (χ3n) is 5.00. The zero-order chi connectivity index (χ0) is 24.9. The molecule has 12 nitrogen and oxygen atoms in total. The van der Waals surface area contributed by atoms with Gasteiger partial charge in [0.15, 0.2) is 0 Å². The van der Waals surface area contributed by atoms with Crippen LogP contribution in [-0.2, 0) is 4.74 Å². The summed E-state index contributed by atoms with van der Waals surface area (Å²) >= 11 is 9.79. The lowest BCUT2D eigenvalue weighted by Gasteiger charge is -2.27. The average Bonchev–Trinajstić information content (AvgIpc) is 2.84. The summed E-state index contributed by atoms with van der Waals surface area (Å²) in [6.45, 7) is 4.19. The lowest BCUT2D eigenvalue weighted by Crippen LogP contribution is -2.37. The summed E-state index contributed by atoms with van der Waals surface area (Å²) in [6, 6.07) is 7.28. The minimum atomic E-state index is -0.557. The van der Waals surface area contributed by atoms with Gasteiger partial charge in [-0.15, -0.1) is 0 Å². The monoisotopic (exact) mass is 562 g/mol. The standard InChI is InChI=1S/C21H20BrClN8O4/c1-12-8-15(22)17(10-16(12)23)25-19-26-20(28-21(27-19)30-4-6-35-7-5-30)29-24-11-13-9-14(31(33)34)2-3-18(13)32/h2-3,8-11,32H,4-7H2,1H3,(H2,25,26,27,28,29). The second-order valence-corrected chi connectivity index (χ2v) is 8.72. The first-order chi connectivity index (χ1) is 16.8. The average molecular weight is 564 g/mol. The fraction of sp³-hybridized carbons (Fsp3) is 0.238. The van der Waals surface area contributed by atoms with Crippen molar-refractivity contribution in [2.75, 3.05) is 41.9 Å². The third kappa shape index (κ3) is 6.12. The molecule has 0 radical (unpaired) electrons. The minimum absolute atomic E-state index is 0.125. The summed E-state index contributed by atoms with van der Waals surface area (Å²) in [5.74, 6) is 0.628. The second-order valence-electron chi connectivity index (χ2n) is 7.46. The molecule has 0 spiro atoms. The van der Waals surface area contributed by atoms with Crippen LogP contribution in [0.4, 0.5) is 29.2 Å². The van der Waals surface area contributed by atoms with Gasteiger partial charge in [-0.2, -0.15) is 20.1 Å². The quantitative estimate of drug-likeness (QED) is 0.216. The first kappa shape index (κ1) is 24.6. The van der Waals surface area contributed by atoms with Crippen LogP contribution >= 0.6 is 27.5 Å². The van der Waals surface area contributed by atoms with E-state index in [1.807, 2.05) is 17.9 Å². The number of morpholine rings is 1. The maximum absolute atomic E-state index is 11.0. The molecule has 4 rings (SSSR count). The first-order valence-electron chi connectivity index (χ1n) is 10.4. The number of hydrogen-bond acceptors (Lipinski definition) is 11. The van der Waals surface area contributed by atoms with Crippen molar-refractivity contribution < 1.29 is 14.8 Å². The summed E-state index contributed by atoms with van der Waals surface area (Å²) in [6.07, 6.45) is 1.24. The van der Waals surface area contributed by atoms with Crippen molar-refractivity contribution in [3.05, 3.63) is 61.1 Å². The molecule has 3 aromatic rings. The van der Waals surface area contributed by atoms with E-state index in [1.165, 1.54) is 24.4 Å². The molecule has 2 heterocycles. The number of aromatic hydroxyl groups is 1. The van der Waals surface area contributed by atoms with E-state index in [1.54, 1.807) is 6.07 Å². The largest absolute Gasteiger partial charge is 0.507 e. The van der Waals surface area contributed by atoms with Gasteiger partial charge in [-0.1, -0.05) is 11.6 Å². The van der Waals surface area contributed by atoms with Crippen LogP contribution in [0, 0.1) is 17.0 Å². The van der Waals surface area contributed by atoms with Gasteiger partial charge in [-0.05, 0) is 46.6 Å². The number of nitro benzene ring substituents is 1. The molecule has 0 saturated carbocycles. The molecule has 35 heavy (non-hydrogen) atoms. The Kier molecular flexibility index (Phi) is 7.58. The molecular formula is C21H20BrClN8O4. The number of nitrogens with one attached hydrogen (secondary N) is 2. The summed E-state index contributed by atoms with van der Waals surface area (Å²) in [4.78, 5) is 25.7. The van der Waals surface area contributed by atoms with Gasteiger partial charge in [0, 0.05) is 40.3 Å². The van der Waals surface area contributed by atoms with Gasteiger partial charge >= 0.3 is 0 Å². The van der Waals surface area contributed by atoms with Crippen molar-refractivity contribution in [2.45, 2.75) is 6.92 Å². The molecule has 1 saturated heterocycles. The summed E-state index contributed by atoms with van der Waals surface area (Å²) < 4.78 is 6.19. The van der Waals surface area contributed by atoms with Crippen LogP contribution in [-0.4, -0.2) is 57.5 Å². The fourth-order valence-electron chi connectivity index (χ4n) is 3.16.